The minimum Gasteiger partial charge on any atom is -0.494 e. The van der Waals surface area contributed by atoms with Gasteiger partial charge in [0.15, 0.2) is 0 Å². The van der Waals surface area contributed by atoms with Gasteiger partial charge in [0.25, 0.3) is 0 Å². The first-order valence-corrected chi connectivity index (χ1v) is 9.54. The van der Waals surface area contributed by atoms with Crippen LogP contribution in [0.1, 0.15) is 13.8 Å². The van der Waals surface area contributed by atoms with Gasteiger partial charge in [0.2, 0.25) is 15.9 Å². The van der Waals surface area contributed by atoms with Gasteiger partial charge in [0, 0.05) is 26.2 Å². The molecule has 1 N–H and O–H groups in total. The van der Waals surface area contributed by atoms with E-state index in [-0.39, 0.29) is 10.8 Å². The van der Waals surface area contributed by atoms with Crippen molar-refractivity contribution in [3.63, 3.8) is 0 Å². The van der Waals surface area contributed by atoms with Crippen LogP contribution >= 0.6 is 0 Å². The summed E-state index contributed by atoms with van der Waals surface area (Å²) in [6.45, 7) is 6.77. The zero-order valence-electron chi connectivity index (χ0n) is 14.4. The molecule has 0 saturated carbocycles. The lowest BCUT2D eigenvalue weighted by Crippen LogP contribution is -2.53. The van der Waals surface area contributed by atoms with Crippen LogP contribution in [-0.4, -0.2) is 70.0 Å². The summed E-state index contributed by atoms with van der Waals surface area (Å²) >= 11 is 0. The van der Waals surface area contributed by atoms with Gasteiger partial charge in [-0.25, -0.2) is 8.42 Å². The Bertz CT molecular complexity index is 652. The lowest BCUT2D eigenvalue weighted by Gasteiger charge is -2.34. The average Bonchev–Trinajstić information content (AvgIpc) is 2.55. The van der Waals surface area contributed by atoms with Crippen molar-refractivity contribution in [1.82, 2.24) is 14.5 Å². The predicted molar refractivity (Wildman–Crippen MR) is 91.5 cm³/mol. The van der Waals surface area contributed by atoms with Crippen molar-refractivity contribution >= 4 is 15.9 Å². The van der Waals surface area contributed by atoms with Gasteiger partial charge in [0.1, 0.15) is 5.75 Å². The Morgan fingerprint density at radius 2 is 1.79 bits per heavy atom. The zero-order valence-corrected chi connectivity index (χ0v) is 15.2. The Morgan fingerprint density at radius 1 is 1.21 bits per heavy atom. The summed E-state index contributed by atoms with van der Waals surface area (Å²) in [4.78, 5) is 16.4. The van der Waals surface area contributed by atoms with E-state index >= 15 is 0 Å². The maximum atomic E-state index is 12.4. The third-order valence-electron chi connectivity index (χ3n) is 3.96. The smallest absolute Gasteiger partial charge is 0.241 e. The number of rotatable bonds is 6. The molecule has 1 amide bonds. The highest BCUT2D eigenvalue weighted by Gasteiger charge is 2.27. The van der Waals surface area contributed by atoms with Crippen LogP contribution in [0.15, 0.2) is 29.2 Å². The third-order valence-corrected chi connectivity index (χ3v) is 5.52. The molecule has 0 bridgehead atoms. The number of nitrogens with zero attached hydrogens (tertiary/aromatic N) is 2. The number of nitrogens with one attached hydrogen (secondary N) is 1. The molecule has 134 valence electrons. The molecule has 0 spiro atoms. The van der Waals surface area contributed by atoms with E-state index < -0.39 is 16.1 Å². The van der Waals surface area contributed by atoms with Gasteiger partial charge in [-0.1, -0.05) is 0 Å². The molecule has 1 atom stereocenters. The van der Waals surface area contributed by atoms with E-state index in [1.807, 2.05) is 14.0 Å². The standard InChI is InChI=1S/C16H25N3O4S/c1-4-23-14-5-7-15(8-6-14)24(21,22)17-13(2)16(20)19-11-9-18(3)10-12-19/h5-8,13,17H,4,9-12H2,1-3H3/t13-/m0/s1. The van der Waals surface area contributed by atoms with Crippen LogP contribution in [0.25, 0.3) is 0 Å². The van der Waals surface area contributed by atoms with Gasteiger partial charge < -0.3 is 14.5 Å². The van der Waals surface area contributed by atoms with Crippen molar-refractivity contribution < 1.29 is 17.9 Å². The highest BCUT2D eigenvalue weighted by atomic mass is 32.2. The molecule has 1 aliphatic heterocycles. The van der Waals surface area contributed by atoms with Crippen LogP contribution in [0.5, 0.6) is 5.75 Å². The molecule has 1 heterocycles. The number of sulfonamides is 1. The Hall–Kier alpha value is -1.64. The van der Waals surface area contributed by atoms with Crippen LogP contribution in [0.2, 0.25) is 0 Å². The first kappa shape index (κ1) is 18.7. The number of benzene rings is 1. The Balaban J connectivity index is 2.00. The van der Waals surface area contributed by atoms with E-state index in [4.69, 9.17) is 4.74 Å². The van der Waals surface area contributed by atoms with Gasteiger partial charge in [-0.05, 0) is 45.2 Å². The first-order chi connectivity index (χ1) is 11.3. The van der Waals surface area contributed by atoms with Crippen molar-refractivity contribution in [1.29, 1.82) is 0 Å². The van der Waals surface area contributed by atoms with E-state index in [0.717, 1.165) is 13.1 Å². The SMILES string of the molecule is CCOc1ccc(S(=O)(=O)N[C@@H](C)C(=O)N2CCN(C)CC2)cc1. The molecule has 1 aromatic carbocycles. The summed E-state index contributed by atoms with van der Waals surface area (Å²) in [6.07, 6.45) is 0. The summed E-state index contributed by atoms with van der Waals surface area (Å²) in [5, 5.41) is 0. The van der Waals surface area contributed by atoms with E-state index in [1.54, 1.807) is 24.0 Å². The average molecular weight is 355 g/mol. The number of amides is 1. The molecular weight excluding hydrogens is 330 g/mol. The fourth-order valence-electron chi connectivity index (χ4n) is 2.53. The van der Waals surface area contributed by atoms with Crippen molar-refractivity contribution in [3.8, 4) is 5.75 Å². The Kier molecular flexibility index (Phi) is 6.20. The fourth-order valence-corrected chi connectivity index (χ4v) is 3.73. The van der Waals surface area contributed by atoms with Gasteiger partial charge >= 0.3 is 0 Å². The number of carbonyl (C=O) groups excluding carboxylic acids is 1. The molecule has 0 radical (unpaired) electrons. The monoisotopic (exact) mass is 355 g/mol. The quantitative estimate of drug-likeness (QED) is 0.805. The van der Waals surface area contributed by atoms with Gasteiger partial charge in [-0.15, -0.1) is 0 Å². The largest absolute Gasteiger partial charge is 0.494 e. The molecule has 7 nitrogen and oxygen atoms in total. The zero-order chi connectivity index (χ0) is 17.7. The third kappa shape index (κ3) is 4.68. The van der Waals surface area contributed by atoms with Gasteiger partial charge in [-0.3, -0.25) is 4.79 Å². The van der Waals surface area contributed by atoms with Crippen LogP contribution < -0.4 is 9.46 Å². The predicted octanol–water partition coefficient (Wildman–Crippen LogP) is 0.526. The number of hydrogen-bond acceptors (Lipinski definition) is 5. The van der Waals surface area contributed by atoms with E-state index in [1.165, 1.54) is 12.1 Å². The van der Waals surface area contributed by atoms with Crippen LogP contribution in [0.4, 0.5) is 0 Å². The van der Waals surface area contributed by atoms with Crippen molar-refractivity contribution in [2.24, 2.45) is 0 Å². The molecule has 2 rings (SSSR count). The maximum Gasteiger partial charge on any atom is 0.241 e. The van der Waals surface area contributed by atoms with Gasteiger partial charge in [0.05, 0.1) is 17.5 Å². The number of carbonyl (C=O) groups is 1. The van der Waals surface area contributed by atoms with Crippen LogP contribution in [0.3, 0.4) is 0 Å². The van der Waals surface area contributed by atoms with E-state index in [2.05, 4.69) is 9.62 Å². The molecule has 0 aliphatic carbocycles. The molecule has 0 unspecified atom stereocenters. The van der Waals surface area contributed by atoms with Gasteiger partial charge in [-0.2, -0.15) is 4.72 Å². The molecular formula is C16H25N3O4S. The first-order valence-electron chi connectivity index (χ1n) is 8.06. The second kappa shape index (κ2) is 7.96. The van der Waals surface area contributed by atoms with Crippen LogP contribution in [-0.2, 0) is 14.8 Å². The molecule has 24 heavy (non-hydrogen) atoms. The molecule has 0 aromatic heterocycles. The molecule has 1 aromatic rings. The summed E-state index contributed by atoms with van der Waals surface area (Å²) in [6, 6.07) is 5.35. The molecule has 1 aliphatic rings. The summed E-state index contributed by atoms with van der Waals surface area (Å²) in [5.74, 6) is 0.413. The summed E-state index contributed by atoms with van der Waals surface area (Å²) < 4.78 is 32.6. The fraction of sp³-hybridized carbons (Fsp3) is 0.562. The number of likely N-dealkylation sites (N-methyl/N-ethyl adjacent to an activating group) is 1. The normalized spacial score (nSPS) is 17.5. The molecule has 1 fully saturated rings. The van der Waals surface area contributed by atoms with E-state index in [9.17, 15) is 13.2 Å². The summed E-state index contributed by atoms with van der Waals surface area (Å²) in [5.41, 5.74) is 0. The topological polar surface area (TPSA) is 78.9 Å². The molecule has 8 heteroatoms. The highest BCUT2D eigenvalue weighted by molar-refractivity contribution is 7.89. The molecule has 1 saturated heterocycles. The minimum atomic E-state index is -3.75. The number of hydrogen-bond donors (Lipinski definition) is 1. The number of piperazine rings is 1. The second-order valence-corrected chi connectivity index (χ2v) is 7.59. The lowest BCUT2D eigenvalue weighted by molar-refractivity contribution is -0.134. The second-order valence-electron chi connectivity index (χ2n) is 5.88. The Morgan fingerprint density at radius 3 is 2.33 bits per heavy atom. The lowest BCUT2D eigenvalue weighted by atomic mass is 10.2. The number of ether oxygens (including phenoxy) is 1. The maximum absolute atomic E-state index is 12.4. The minimum absolute atomic E-state index is 0.115. The Labute approximate surface area is 143 Å². The highest BCUT2D eigenvalue weighted by Crippen LogP contribution is 2.16. The van der Waals surface area contributed by atoms with Crippen molar-refractivity contribution in [2.45, 2.75) is 24.8 Å². The van der Waals surface area contributed by atoms with Crippen molar-refractivity contribution in [2.75, 3.05) is 39.8 Å². The van der Waals surface area contributed by atoms with Crippen molar-refractivity contribution in [3.05, 3.63) is 24.3 Å². The van der Waals surface area contributed by atoms with Crippen LogP contribution in [0, 0.1) is 0 Å². The van der Waals surface area contributed by atoms with E-state index in [0.29, 0.717) is 25.4 Å². The summed E-state index contributed by atoms with van der Waals surface area (Å²) in [7, 11) is -1.75.